The first-order valence-corrected chi connectivity index (χ1v) is 6.78. The maximum absolute atomic E-state index is 11.9. The third-order valence-corrected chi connectivity index (χ3v) is 4.75. The maximum atomic E-state index is 11.9. The highest BCUT2D eigenvalue weighted by atomic mass is 32.2. The second-order valence-corrected chi connectivity index (χ2v) is 6.27. The molecule has 1 saturated carbocycles. The Balaban J connectivity index is 1.97. The van der Waals surface area contributed by atoms with Crippen LogP contribution in [0.25, 0.3) is 0 Å². The first-order valence-electron chi connectivity index (χ1n) is 5.17. The normalized spacial score (nSPS) is 30.5. The van der Waals surface area contributed by atoms with Gasteiger partial charge in [-0.2, -0.15) is 4.31 Å². The van der Waals surface area contributed by atoms with Crippen LogP contribution in [0.5, 0.6) is 0 Å². The molecule has 4 nitrogen and oxygen atoms in total. The fourth-order valence-electron chi connectivity index (χ4n) is 1.73. The monoisotopic (exact) mass is 219 g/mol. The van der Waals surface area contributed by atoms with Crippen molar-refractivity contribution in [3.8, 4) is 0 Å². The number of hydrogen-bond acceptors (Lipinski definition) is 3. The van der Waals surface area contributed by atoms with Crippen LogP contribution < -0.4 is 0 Å². The average Bonchev–Trinajstić information content (AvgIpc) is 2.87. The Morgan fingerprint density at radius 1 is 1.43 bits per heavy atom. The highest BCUT2D eigenvalue weighted by Gasteiger charge is 2.33. The highest BCUT2D eigenvalue weighted by molar-refractivity contribution is 7.89. The van der Waals surface area contributed by atoms with Gasteiger partial charge in [0, 0.05) is 13.1 Å². The fourth-order valence-corrected chi connectivity index (χ4v) is 3.66. The molecule has 0 N–H and O–H groups in total. The van der Waals surface area contributed by atoms with Gasteiger partial charge < -0.3 is 4.74 Å². The average molecular weight is 219 g/mol. The summed E-state index contributed by atoms with van der Waals surface area (Å²) in [6.45, 7) is 3.50. The first-order chi connectivity index (χ1) is 6.58. The molecule has 1 aliphatic carbocycles. The molecule has 82 valence electrons. The lowest BCUT2D eigenvalue weighted by molar-refractivity contribution is 0.0101. The van der Waals surface area contributed by atoms with E-state index < -0.39 is 10.0 Å². The number of rotatable bonds is 3. The highest BCUT2D eigenvalue weighted by Crippen LogP contribution is 2.31. The van der Waals surface area contributed by atoms with Gasteiger partial charge in [0.2, 0.25) is 10.0 Å². The van der Waals surface area contributed by atoms with Gasteiger partial charge in [-0.3, -0.25) is 0 Å². The summed E-state index contributed by atoms with van der Waals surface area (Å²) in [6.07, 6.45) is 2.20. The van der Waals surface area contributed by atoms with Crippen LogP contribution in [0.1, 0.15) is 19.8 Å². The van der Waals surface area contributed by atoms with Gasteiger partial charge in [0.25, 0.3) is 0 Å². The number of sulfonamides is 1. The van der Waals surface area contributed by atoms with Gasteiger partial charge in [0.15, 0.2) is 0 Å². The standard InChI is InChI=1S/C9H17NO3S/c1-8-6-10(4-5-13-8)14(11,12)7-9-2-3-9/h8-9H,2-7H2,1H3/t8-/m0/s1. The van der Waals surface area contributed by atoms with Gasteiger partial charge in [0.05, 0.1) is 18.5 Å². The summed E-state index contributed by atoms with van der Waals surface area (Å²) < 4.78 is 30.6. The molecule has 1 atom stereocenters. The SMILES string of the molecule is C[C@H]1CN(S(=O)(=O)CC2CC2)CCO1. The number of nitrogens with zero attached hydrogens (tertiary/aromatic N) is 1. The molecular formula is C9H17NO3S. The van der Waals surface area contributed by atoms with E-state index in [1.54, 1.807) is 4.31 Å². The maximum Gasteiger partial charge on any atom is 0.214 e. The van der Waals surface area contributed by atoms with Crippen LogP contribution >= 0.6 is 0 Å². The molecule has 2 fully saturated rings. The third-order valence-electron chi connectivity index (χ3n) is 2.74. The second kappa shape index (κ2) is 3.79. The van der Waals surface area contributed by atoms with Crippen molar-refractivity contribution in [3.05, 3.63) is 0 Å². The van der Waals surface area contributed by atoms with Crippen LogP contribution in [0.2, 0.25) is 0 Å². The molecule has 5 heteroatoms. The third kappa shape index (κ3) is 2.46. The summed E-state index contributed by atoms with van der Waals surface area (Å²) in [6, 6.07) is 0. The molecule has 2 aliphatic rings. The van der Waals surface area contributed by atoms with Crippen molar-refractivity contribution in [1.29, 1.82) is 0 Å². The predicted octanol–water partition coefficient (Wildman–Crippen LogP) is 0.447. The quantitative estimate of drug-likeness (QED) is 0.692. The fraction of sp³-hybridized carbons (Fsp3) is 1.00. The summed E-state index contributed by atoms with van der Waals surface area (Å²) in [5.74, 6) is 0.776. The van der Waals surface area contributed by atoms with Crippen molar-refractivity contribution in [1.82, 2.24) is 4.31 Å². The van der Waals surface area contributed by atoms with Crippen LogP contribution in [0, 0.1) is 5.92 Å². The summed E-state index contributed by atoms with van der Waals surface area (Å²) in [5.41, 5.74) is 0. The van der Waals surface area contributed by atoms with E-state index in [-0.39, 0.29) is 6.10 Å². The Hall–Kier alpha value is -0.130. The van der Waals surface area contributed by atoms with E-state index in [1.165, 1.54) is 0 Å². The summed E-state index contributed by atoms with van der Waals surface area (Å²) >= 11 is 0. The van der Waals surface area contributed by atoms with Crippen molar-refractivity contribution >= 4 is 10.0 Å². The van der Waals surface area contributed by atoms with Gasteiger partial charge in [-0.05, 0) is 25.7 Å². The van der Waals surface area contributed by atoms with Crippen LogP contribution in [-0.2, 0) is 14.8 Å². The smallest absolute Gasteiger partial charge is 0.214 e. The van der Waals surface area contributed by atoms with E-state index in [0.29, 0.717) is 31.4 Å². The van der Waals surface area contributed by atoms with Crippen molar-refractivity contribution in [3.63, 3.8) is 0 Å². The lowest BCUT2D eigenvalue weighted by Crippen LogP contribution is -2.45. The van der Waals surface area contributed by atoms with Crippen LogP contribution in [0.3, 0.4) is 0 Å². The molecular weight excluding hydrogens is 202 g/mol. The zero-order chi connectivity index (χ0) is 10.2. The van der Waals surface area contributed by atoms with E-state index in [9.17, 15) is 8.42 Å². The summed E-state index contributed by atoms with van der Waals surface area (Å²) in [4.78, 5) is 0. The summed E-state index contributed by atoms with van der Waals surface area (Å²) in [5, 5.41) is 0. The molecule has 1 heterocycles. The molecule has 2 rings (SSSR count). The van der Waals surface area contributed by atoms with Gasteiger partial charge in [-0.15, -0.1) is 0 Å². The minimum absolute atomic E-state index is 0.0396. The van der Waals surface area contributed by atoms with Crippen LogP contribution in [0.4, 0.5) is 0 Å². The lowest BCUT2D eigenvalue weighted by Gasteiger charge is -2.30. The largest absolute Gasteiger partial charge is 0.376 e. The van der Waals surface area contributed by atoms with Gasteiger partial charge in [0.1, 0.15) is 0 Å². The molecule has 0 radical (unpaired) electrons. The molecule has 1 aliphatic heterocycles. The van der Waals surface area contributed by atoms with E-state index in [2.05, 4.69) is 0 Å². The Labute approximate surface area is 85.3 Å². The zero-order valence-corrected chi connectivity index (χ0v) is 9.29. The molecule has 0 unspecified atom stereocenters. The molecule has 0 aromatic carbocycles. The molecule has 0 aromatic rings. The molecule has 1 saturated heterocycles. The van der Waals surface area contributed by atoms with Crippen LogP contribution in [0.15, 0.2) is 0 Å². The minimum atomic E-state index is -3.00. The van der Waals surface area contributed by atoms with Crippen molar-refractivity contribution in [2.24, 2.45) is 5.92 Å². The van der Waals surface area contributed by atoms with Crippen molar-refractivity contribution in [2.45, 2.75) is 25.9 Å². The lowest BCUT2D eigenvalue weighted by atomic mass is 10.3. The van der Waals surface area contributed by atoms with E-state index >= 15 is 0 Å². The predicted molar refractivity (Wildman–Crippen MR) is 53.5 cm³/mol. The van der Waals surface area contributed by atoms with Gasteiger partial charge in [-0.25, -0.2) is 8.42 Å². The molecule has 0 aromatic heterocycles. The Morgan fingerprint density at radius 2 is 2.14 bits per heavy atom. The minimum Gasteiger partial charge on any atom is -0.376 e. The van der Waals surface area contributed by atoms with Crippen molar-refractivity contribution in [2.75, 3.05) is 25.4 Å². The van der Waals surface area contributed by atoms with Gasteiger partial charge >= 0.3 is 0 Å². The number of ether oxygens (including phenoxy) is 1. The molecule has 0 bridgehead atoms. The number of hydrogen-bond donors (Lipinski definition) is 0. The van der Waals surface area contributed by atoms with E-state index in [4.69, 9.17) is 4.74 Å². The zero-order valence-electron chi connectivity index (χ0n) is 8.48. The topological polar surface area (TPSA) is 46.6 Å². The molecule has 0 amide bonds. The van der Waals surface area contributed by atoms with Gasteiger partial charge in [-0.1, -0.05) is 0 Å². The Bertz CT molecular complexity index is 297. The number of morpholine rings is 1. The Morgan fingerprint density at radius 3 is 2.71 bits per heavy atom. The van der Waals surface area contributed by atoms with E-state index in [1.807, 2.05) is 6.92 Å². The van der Waals surface area contributed by atoms with Crippen LogP contribution in [-0.4, -0.2) is 44.3 Å². The molecule has 0 spiro atoms. The Kier molecular flexibility index (Phi) is 2.81. The second-order valence-electron chi connectivity index (χ2n) is 4.26. The first kappa shape index (κ1) is 10.4. The summed E-state index contributed by atoms with van der Waals surface area (Å²) in [7, 11) is -3.00. The van der Waals surface area contributed by atoms with Crippen molar-refractivity contribution < 1.29 is 13.2 Å². The molecule has 14 heavy (non-hydrogen) atoms. The van der Waals surface area contributed by atoms with E-state index in [0.717, 1.165) is 12.8 Å².